The van der Waals surface area contributed by atoms with Gasteiger partial charge in [0.25, 0.3) is 0 Å². The molecule has 0 amide bonds. The number of aliphatic hydroxyl groups is 1. The number of β-amino-alcohol motifs (C(OH)–C–C–N with tert-alkyl or cyclic N) is 1. The Labute approximate surface area is 164 Å². The number of nitrogens with one attached hydrogen (secondary N) is 1. The Balaban J connectivity index is 1.75. The molecule has 0 saturated heterocycles. The van der Waals surface area contributed by atoms with E-state index in [4.69, 9.17) is 25.8 Å². The van der Waals surface area contributed by atoms with Crippen molar-refractivity contribution >= 4 is 11.6 Å². The molecule has 0 aliphatic rings. The van der Waals surface area contributed by atoms with Crippen LogP contribution < -0.4 is 19.5 Å². The van der Waals surface area contributed by atoms with E-state index in [2.05, 4.69) is 15.5 Å². The Kier molecular flexibility index (Phi) is 8.09. The highest BCUT2D eigenvalue weighted by molar-refractivity contribution is 6.29. The Morgan fingerprint density at radius 1 is 1.07 bits per heavy atom. The van der Waals surface area contributed by atoms with Gasteiger partial charge in [0, 0.05) is 18.2 Å². The van der Waals surface area contributed by atoms with E-state index in [1.54, 1.807) is 12.1 Å². The van der Waals surface area contributed by atoms with Gasteiger partial charge in [-0.15, -0.1) is 10.2 Å². The summed E-state index contributed by atoms with van der Waals surface area (Å²) in [7, 11) is 0. The molecule has 0 aliphatic heterocycles. The lowest BCUT2D eigenvalue weighted by atomic mass is 10.1. The van der Waals surface area contributed by atoms with Crippen molar-refractivity contribution in [2.24, 2.45) is 0 Å². The van der Waals surface area contributed by atoms with Crippen LogP contribution >= 0.6 is 11.6 Å². The van der Waals surface area contributed by atoms with Crippen molar-refractivity contribution < 1.29 is 19.3 Å². The van der Waals surface area contributed by atoms with Gasteiger partial charge < -0.3 is 24.6 Å². The Hall–Kier alpha value is -2.09. The number of aromatic nitrogens is 2. The highest BCUT2D eigenvalue weighted by Gasteiger charge is 2.20. The first-order valence-corrected chi connectivity index (χ1v) is 9.17. The zero-order valence-corrected chi connectivity index (χ0v) is 16.6. The molecular formula is C19H26ClN3O4. The molecule has 1 unspecified atom stereocenters. The first-order valence-electron chi connectivity index (χ1n) is 8.79. The summed E-state index contributed by atoms with van der Waals surface area (Å²) in [5.41, 5.74) is -0.383. The van der Waals surface area contributed by atoms with Crippen LogP contribution in [0, 0.1) is 0 Å². The number of nitrogens with zero attached hydrogens (tertiary/aromatic N) is 2. The lowest BCUT2D eigenvalue weighted by molar-refractivity contribution is 0.0906. The molecule has 2 N–H and O–H groups in total. The molecule has 1 atom stereocenters. The summed E-state index contributed by atoms with van der Waals surface area (Å²) in [6.45, 7) is 7.24. The van der Waals surface area contributed by atoms with Crippen LogP contribution in [0.25, 0.3) is 0 Å². The van der Waals surface area contributed by atoms with Gasteiger partial charge in [-0.2, -0.15) is 0 Å². The molecule has 0 bridgehead atoms. The number of hydrogen-bond acceptors (Lipinski definition) is 7. The van der Waals surface area contributed by atoms with Gasteiger partial charge >= 0.3 is 0 Å². The van der Waals surface area contributed by atoms with Crippen LogP contribution in [0.3, 0.4) is 0 Å². The zero-order chi connectivity index (χ0) is 19.7. The normalized spacial score (nSPS) is 12.5. The highest BCUT2D eigenvalue weighted by Crippen LogP contribution is 2.26. The lowest BCUT2D eigenvalue weighted by Gasteiger charge is -2.27. The van der Waals surface area contributed by atoms with Gasteiger partial charge in [-0.3, -0.25) is 0 Å². The largest absolute Gasteiger partial charge is 0.490 e. The maximum absolute atomic E-state index is 10.2. The van der Waals surface area contributed by atoms with Gasteiger partial charge in [-0.05, 0) is 39.0 Å². The molecule has 27 heavy (non-hydrogen) atoms. The van der Waals surface area contributed by atoms with Gasteiger partial charge in [0.2, 0.25) is 5.88 Å². The molecule has 0 aliphatic carbocycles. The lowest BCUT2D eigenvalue weighted by Crippen LogP contribution is -2.48. The predicted molar refractivity (Wildman–Crippen MR) is 104 cm³/mol. The van der Waals surface area contributed by atoms with Crippen LogP contribution in [-0.2, 0) is 0 Å². The minimum atomic E-state index is -0.686. The average Bonchev–Trinajstić information content (AvgIpc) is 2.66. The summed E-state index contributed by atoms with van der Waals surface area (Å²) in [6.07, 6.45) is -0.686. The van der Waals surface area contributed by atoms with E-state index in [1.807, 2.05) is 45.0 Å². The summed E-state index contributed by atoms with van der Waals surface area (Å²) in [5.74, 6) is 1.67. The minimum absolute atomic E-state index is 0.149. The quantitative estimate of drug-likeness (QED) is 0.605. The van der Waals surface area contributed by atoms with Crippen molar-refractivity contribution in [2.45, 2.75) is 32.4 Å². The molecule has 0 spiro atoms. The minimum Gasteiger partial charge on any atom is -0.490 e. The molecule has 0 radical (unpaired) electrons. The molecular weight excluding hydrogens is 370 g/mol. The molecule has 1 aromatic heterocycles. The van der Waals surface area contributed by atoms with Crippen molar-refractivity contribution in [3.05, 3.63) is 41.6 Å². The third-order valence-corrected chi connectivity index (χ3v) is 3.79. The van der Waals surface area contributed by atoms with Gasteiger partial charge in [-0.25, -0.2) is 0 Å². The summed E-state index contributed by atoms with van der Waals surface area (Å²) in [5, 5.41) is 21.4. The number of rotatable bonds is 11. The maximum Gasteiger partial charge on any atom is 0.233 e. The van der Waals surface area contributed by atoms with E-state index in [9.17, 15) is 5.11 Å². The molecule has 7 nitrogen and oxygen atoms in total. The molecule has 2 rings (SSSR count). The Morgan fingerprint density at radius 2 is 1.78 bits per heavy atom. The SMILES string of the molecule is CCOc1ccccc1OCC(O)CNC(C)(C)COc1ccc(Cl)nn1. The fourth-order valence-electron chi connectivity index (χ4n) is 2.17. The van der Waals surface area contributed by atoms with Crippen molar-refractivity contribution in [3.8, 4) is 17.4 Å². The van der Waals surface area contributed by atoms with Crippen molar-refractivity contribution in [1.82, 2.24) is 15.5 Å². The topological polar surface area (TPSA) is 85.7 Å². The van der Waals surface area contributed by atoms with Gasteiger partial charge in [-0.1, -0.05) is 23.7 Å². The second-order valence-corrected chi connectivity index (χ2v) is 6.98. The highest BCUT2D eigenvalue weighted by atomic mass is 35.5. The van der Waals surface area contributed by atoms with E-state index in [0.29, 0.717) is 42.3 Å². The molecule has 8 heteroatoms. The maximum atomic E-state index is 10.2. The predicted octanol–water partition coefficient (Wildman–Crippen LogP) is 2.72. The molecule has 148 valence electrons. The molecule has 2 aromatic rings. The van der Waals surface area contributed by atoms with Crippen molar-refractivity contribution in [3.63, 3.8) is 0 Å². The standard InChI is InChI=1S/C19H26ClN3O4/c1-4-25-15-7-5-6-8-16(15)26-12-14(24)11-21-19(2,3)13-27-18-10-9-17(20)22-23-18/h5-10,14,21,24H,4,11-13H2,1-3H3. The third kappa shape index (κ3) is 7.58. The smallest absolute Gasteiger partial charge is 0.233 e. The number of benzene rings is 1. The molecule has 1 heterocycles. The second kappa shape index (κ2) is 10.3. The van der Waals surface area contributed by atoms with Crippen molar-refractivity contribution in [2.75, 3.05) is 26.4 Å². The summed E-state index contributed by atoms with van der Waals surface area (Å²) in [6, 6.07) is 10.7. The fraction of sp³-hybridized carbons (Fsp3) is 0.474. The van der Waals surface area contributed by atoms with E-state index in [1.165, 1.54) is 0 Å². The number of ether oxygens (including phenoxy) is 3. The average molecular weight is 396 g/mol. The fourth-order valence-corrected chi connectivity index (χ4v) is 2.27. The van der Waals surface area contributed by atoms with Crippen LogP contribution in [0.5, 0.6) is 17.4 Å². The third-order valence-electron chi connectivity index (χ3n) is 3.58. The monoisotopic (exact) mass is 395 g/mol. The van der Waals surface area contributed by atoms with E-state index in [0.717, 1.165) is 0 Å². The molecule has 0 fully saturated rings. The number of hydrogen-bond donors (Lipinski definition) is 2. The van der Waals surface area contributed by atoms with Crippen LogP contribution in [0.4, 0.5) is 0 Å². The second-order valence-electron chi connectivity index (χ2n) is 6.59. The first-order chi connectivity index (χ1) is 12.9. The van der Waals surface area contributed by atoms with Crippen LogP contribution in [0.1, 0.15) is 20.8 Å². The Bertz CT molecular complexity index is 698. The summed E-state index contributed by atoms with van der Waals surface area (Å²) < 4.78 is 16.8. The van der Waals surface area contributed by atoms with E-state index in [-0.39, 0.29) is 12.1 Å². The molecule has 0 saturated carbocycles. The zero-order valence-electron chi connectivity index (χ0n) is 15.8. The summed E-state index contributed by atoms with van der Waals surface area (Å²) >= 11 is 5.70. The molecule has 1 aromatic carbocycles. The van der Waals surface area contributed by atoms with E-state index < -0.39 is 6.10 Å². The number of aliphatic hydroxyl groups excluding tert-OH is 1. The van der Waals surface area contributed by atoms with Crippen LogP contribution in [0.2, 0.25) is 5.15 Å². The number of halogens is 1. The summed E-state index contributed by atoms with van der Waals surface area (Å²) in [4.78, 5) is 0. The van der Waals surface area contributed by atoms with Gasteiger partial charge in [0.05, 0.1) is 6.61 Å². The van der Waals surface area contributed by atoms with Crippen LogP contribution in [-0.4, -0.2) is 53.3 Å². The first kappa shape index (κ1) is 21.2. The van der Waals surface area contributed by atoms with Crippen molar-refractivity contribution in [1.29, 1.82) is 0 Å². The number of para-hydroxylation sites is 2. The van der Waals surface area contributed by atoms with Crippen LogP contribution in [0.15, 0.2) is 36.4 Å². The van der Waals surface area contributed by atoms with Gasteiger partial charge in [0.15, 0.2) is 16.7 Å². The van der Waals surface area contributed by atoms with E-state index >= 15 is 0 Å². The Morgan fingerprint density at radius 3 is 2.41 bits per heavy atom. The van der Waals surface area contributed by atoms with Gasteiger partial charge in [0.1, 0.15) is 19.3 Å².